The number of hydrogen-bond acceptors (Lipinski definition) is 4. The van der Waals surface area contributed by atoms with Crippen LogP contribution in [-0.2, 0) is 11.2 Å². The van der Waals surface area contributed by atoms with Crippen molar-refractivity contribution >= 4 is 23.2 Å². The van der Waals surface area contributed by atoms with Crippen LogP contribution in [0.1, 0.15) is 35.7 Å². The molecule has 0 fully saturated rings. The van der Waals surface area contributed by atoms with Gasteiger partial charge in [0.2, 0.25) is 5.91 Å². The van der Waals surface area contributed by atoms with Gasteiger partial charge in [0.15, 0.2) is 0 Å². The Morgan fingerprint density at radius 3 is 2.24 bits per heavy atom. The summed E-state index contributed by atoms with van der Waals surface area (Å²) in [5, 5.41) is 9.27. The van der Waals surface area contributed by atoms with Gasteiger partial charge in [-0.3, -0.25) is 9.59 Å². The fraction of sp³-hybridized carbons (Fsp3) is 0.267. The van der Waals surface area contributed by atoms with E-state index >= 15 is 0 Å². The van der Waals surface area contributed by atoms with Crippen LogP contribution in [0.4, 0.5) is 11.4 Å². The second kappa shape index (κ2) is 6.21. The summed E-state index contributed by atoms with van der Waals surface area (Å²) in [7, 11) is 0. The fourth-order valence-corrected chi connectivity index (χ4v) is 1.98. The highest BCUT2D eigenvalue weighted by atomic mass is 16.5. The van der Waals surface area contributed by atoms with Crippen molar-refractivity contribution in [2.45, 2.75) is 27.2 Å². The number of nitrogens with one attached hydrogen (secondary N) is 2. The SMILES string of the molecule is CCc1onc(C)c1C(=O)Nc1ccc(NC(C)=O)cc1. The van der Waals surface area contributed by atoms with Gasteiger partial charge in [0.25, 0.3) is 5.91 Å². The molecule has 0 aliphatic heterocycles. The van der Waals surface area contributed by atoms with Crippen LogP contribution < -0.4 is 10.6 Å². The number of aryl methyl sites for hydroxylation is 2. The molecule has 1 heterocycles. The maximum atomic E-state index is 12.3. The minimum atomic E-state index is -0.252. The maximum Gasteiger partial charge on any atom is 0.261 e. The Kier molecular flexibility index (Phi) is 4.37. The predicted molar refractivity (Wildman–Crippen MR) is 79.3 cm³/mol. The topological polar surface area (TPSA) is 84.2 Å². The zero-order chi connectivity index (χ0) is 15.4. The largest absolute Gasteiger partial charge is 0.360 e. The van der Waals surface area contributed by atoms with Gasteiger partial charge in [-0.2, -0.15) is 0 Å². The second-order valence-corrected chi connectivity index (χ2v) is 4.63. The van der Waals surface area contributed by atoms with Crippen LogP contribution in [0.25, 0.3) is 0 Å². The first-order chi connectivity index (χ1) is 10.0. The zero-order valence-electron chi connectivity index (χ0n) is 12.2. The van der Waals surface area contributed by atoms with E-state index in [9.17, 15) is 9.59 Å². The van der Waals surface area contributed by atoms with Gasteiger partial charge in [-0.15, -0.1) is 0 Å². The Morgan fingerprint density at radius 2 is 1.71 bits per heavy atom. The third-order valence-corrected chi connectivity index (χ3v) is 2.94. The minimum Gasteiger partial charge on any atom is -0.360 e. The first-order valence-electron chi connectivity index (χ1n) is 6.65. The molecule has 0 aliphatic rings. The average molecular weight is 287 g/mol. The lowest BCUT2D eigenvalue weighted by molar-refractivity contribution is -0.114. The van der Waals surface area contributed by atoms with E-state index in [4.69, 9.17) is 4.52 Å². The van der Waals surface area contributed by atoms with Gasteiger partial charge in [-0.05, 0) is 31.2 Å². The summed E-state index contributed by atoms with van der Waals surface area (Å²) in [6.07, 6.45) is 0.602. The average Bonchev–Trinajstić information content (AvgIpc) is 2.81. The molecule has 0 bridgehead atoms. The van der Waals surface area contributed by atoms with Gasteiger partial charge in [-0.1, -0.05) is 12.1 Å². The number of nitrogens with zero attached hydrogens (tertiary/aromatic N) is 1. The van der Waals surface area contributed by atoms with Crippen molar-refractivity contribution in [1.82, 2.24) is 5.16 Å². The Labute approximate surface area is 122 Å². The van der Waals surface area contributed by atoms with E-state index in [2.05, 4.69) is 15.8 Å². The highest BCUT2D eigenvalue weighted by Gasteiger charge is 2.19. The quantitative estimate of drug-likeness (QED) is 0.905. The molecule has 21 heavy (non-hydrogen) atoms. The summed E-state index contributed by atoms with van der Waals surface area (Å²) in [5.74, 6) is 0.178. The fourth-order valence-electron chi connectivity index (χ4n) is 1.98. The van der Waals surface area contributed by atoms with Crippen LogP contribution in [0.15, 0.2) is 28.8 Å². The molecule has 0 unspecified atom stereocenters. The van der Waals surface area contributed by atoms with Crippen molar-refractivity contribution in [3.8, 4) is 0 Å². The third-order valence-electron chi connectivity index (χ3n) is 2.94. The lowest BCUT2D eigenvalue weighted by Crippen LogP contribution is -2.14. The van der Waals surface area contributed by atoms with E-state index < -0.39 is 0 Å². The van der Waals surface area contributed by atoms with Gasteiger partial charge >= 0.3 is 0 Å². The highest BCUT2D eigenvalue weighted by Crippen LogP contribution is 2.18. The molecule has 6 heteroatoms. The lowest BCUT2D eigenvalue weighted by Gasteiger charge is -2.07. The summed E-state index contributed by atoms with van der Waals surface area (Å²) in [6.45, 7) is 5.08. The summed E-state index contributed by atoms with van der Waals surface area (Å²) in [4.78, 5) is 23.2. The number of anilines is 2. The predicted octanol–water partition coefficient (Wildman–Crippen LogP) is 2.76. The molecular formula is C15H17N3O3. The Hall–Kier alpha value is -2.63. The number of amides is 2. The molecule has 6 nitrogen and oxygen atoms in total. The standard InChI is InChI=1S/C15H17N3O3/c1-4-13-14(9(2)18-21-13)15(20)17-12-7-5-11(6-8-12)16-10(3)19/h5-8H,4H2,1-3H3,(H,16,19)(H,17,20). The first-order valence-corrected chi connectivity index (χ1v) is 6.65. The Morgan fingerprint density at radius 1 is 1.14 bits per heavy atom. The molecule has 110 valence electrons. The maximum absolute atomic E-state index is 12.3. The van der Waals surface area contributed by atoms with E-state index in [0.29, 0.717) is 34.8 Å². The second-order valence-electron chi connectivity index (χ2n) is 4.63. The minimum absolute atomic E-state index is 0.139. The highest BCUT2D eigenvalue weighted by molar-refractivity contribution is 6.05. The van der Waals surface area contributed by atoms with Crippen LogP contribution in [-0.4, -0.2) is 17.0 Å². The zero-order valence-corrected chi connectivity index (χ0v) is 12.2. The molecule has 2 amide bonds. The van der Waals surface area contributed by atoms with Crippen LogP contribution >= 0.6 is 0 Å². The van der Waals surface area contributed by atoms with Crippen molar-refractivity contribution in [3.05, 3.63) is 41.3 Å². The van der Waals surface area contributed by atoms with E-state index in [-0.39, 0.29) is 11.8 Å². The molecule has 0 spiro atoms. The smallest absolute Gasteiger partial charge is 0.261 e. The van der Waals surface area contributed by atoms with Crippen LogP contribution in [0.5, 0.6) is 0 Å². The van der Waals surface area contributed by atoms with Crippen molar-refractivity contribution in [3.63, 3.8) is 0 Å². The number of aromatic nitrogens is 1. The number of rotatable bonds is 4. The summed E-state index contributed by atoms with van der Waals surface area (Å²) < 4.78 is 5.11. The van der Waals surface area contributed by atoms with Crippen molar-refractivity contribution in [2.75, 3.05) is 10.6 Å². The molecule has 0 saturated carbocycles. The summed E-state index contributed by atoms with van der Waals surface area (Å²) in [5.41, 5.74) is 2.36. The van der Waals surface area contributed by atoms with Crippen LogP contribution in [0.2, 0.25) is 0 Å². The first kappa shape index (κ1) is 14.8. The third kappa shape index (κ3) is 3.47. The van der Waals surface area contributed by atoms with Crippen molar-refractivity contribution < 1.29 is 14.1 Å². The Bertz CT molecular complexity index is 659. The molecule has 1 aromatic carbocycles. The van der Waals surface area contributed by atoms with Gasteiger partial charge in [0, 0.05) is 24.7 Å². The Balaban J connectivity index is 2.12. The summed E-state index contributed by atoms with van der Waals surface area (Å²) >= 11 is 0. The lowest BCUT2D eigenvalue weighted by atomic mass is 10.1. The van der Waals surface area contributed by atoms with E-state index in [1.54, 1.807) is 31.2 Å². The van der Waals surface area contributed by atoms with Crippen LogP contribution in [0, 0.1) is 6.92 Å². The van der Waals surface area contributed by atoms with E-state index in [1.807, 2.05) is 6.92 Å². The molecule has 1 aromatic heterocycles. The number of carbonyl (C=O) groups excluding carboxylic acids is 2. The van der Waals surface area contributed by atoms with Gasteiger partial charge < -0.3 is 15.2 Å². The molecule has 0 radical (unpaired) electrons. The van der Waals surface area contributed by atoms with Crippen molar-refractivity contribution in [2.24, 2.45) is 0 Å². The number of benzene rings is 1. The monoisotopic (exact) mass is 287 g/mol. The van der Waals surface area contributed by atoms with Crippen molar-refractivity contribution in [1.29, 1.82) is 0 Å². The molecule has 0 aliphatic carbocycles. The number of carbonyl (C=O) groups is 2. The molecule has 0 saturated heterocycles. The van der Waals surface area contributed by atoms with Crippen LogP contribution in [0.3, 0.4) is 0 Å². The van der Waals surface area contributed by atoms with Gasteiger partial charge in [-0.25, -0.2) is 0 Å². The molecule has 0 atom stereocenters. The molecule has 2 N–H and O–H groups in total. The summed E-state index contributed by atoms with van der Waals surface area (Å²) in [6, 6.07) is 6.88. The number of hydrogen-bond donors (Lipinski definition) is 2. The van der Waals surface area contributed by atoms with E-state index in [1.165, 1.54) is 6.92 Å². The normalized spacial score (nSPS) is 10.2. The van der Waals surface area contributed by atoms with Gasteiger partial charge in [0.1, 0.15) is 11.3 Å². The molecule has 2 rings (SSSR count). The molecular weight excluding hydrogens is 270 g/mol. The molecule has 2 aromatic rings. The van der Waals surface area contributed by atoms with Gasteiger partial charge in [0.05, 0.1) is 5.69 Å². The van der Waals surface area contributed by atoms with E-state index in [0.717, 1.165) is 0 Å².